The fraction of sp³-hybridized carbons (Fsp3) is 0.450. The van der Waals surface area contributed by atoms with Gasteiger partial charge in [0.2, 0.25) is 10.0 Å². The van der Waals surface area contributed by atoms with Crippen LogP contribution in [0.15, 0.2) is 35.2 Å². The first-order valence-corrected chi connectivity index (χ1v) is 11.6. The molecule has 0 saturated carbocycles. The molecule has 1 N–H and O–H groups in total. The van der Waals surface area contributed by atoms with E-state index < -0.39 is 10.0 Å². The Labute approximate surface area is 166 Å². The van der Waals surface area contributed by atoms with E-state index in [-0.39, 0.29) is 10.8 Å². The summed E-state index contributed by atoms with van der Waals surface area (Å²) in [7, 11) is -3.45. The maximum atomic E-state index is 12.5. The molecule has 0 unspecified atom stereocenters. The molecule has 0 aliphatic heterocycles. The highest BCUT2D eigenvalue weighted by molar-refractivity contribution is 7.89. The topological polar surface area (TPSA) is 66.5 Å². The minimum Gasteiger partial charge on any atom is -0.347 e. The van der Waals surface area contributed by atoms with E-state index in [1.165, 1.54) is 26.1 Å². The molecular weight excluding hydrogens is 380 g/mol. The van der Waals surface area contributed by atoms with Crippen LogP contribution in [0.5, 0.6) is 0 Å². The first-order valence-electron chi connectivity index (χ1n) is 9.30. The molecule has 2 aromatic rings. The van der Waals surface area contributed by atoms with E-state index >= 15 is 0 Å². The van der Waals surface area contributed by atoms with Crippen molar-refractivity contribution in [2.24, 2.45) is 0 Å². The average molecular weight is 409 g/mol. The van der Waals surface area contributed by atoms with E-state index in [1.807, 2.05) is 26.8 Å². The van der Waals surface area contributed by atoms with Crippen LogP contribution in [-0.2, 0) is 23.0 Å². The molecule has 0 spiro atoms. The molecule has 0 radical (unpaired) electrons. The highest BCUT2D eigenvalue weighted by Gasteiger charge is 2.21. The second-order valence-electron chi connectivity index (χ2n) is 6.36. The highest BCUT2D eigenvalue weighted by Crippen LogP contribution is 2.23. The molecule has 2 rings (SSSR count). The lowest BCUT2D eigenvalue weighted by Crippen LogP contribution is -2.30. The van der Waals surface area contributed by atoms with Crippen molar-refractivity contribution in [3.63, 3.8) is 0 Å². The second kappa shape index (κ2) is 9.48. The third-order valence-corrected chi connectivity index (χ3v) is 7.64. The van der Waals surface area contributed by atoms with Crippen LogP contribution in [0.4, 0.5) is 0 Å². The van der Waals surface area contributed by atoms with Crippen molar-refractivity contribution in [1.29, 1.82) is 0 Å². The zero-order valence-electron chi connectivity index (χ0n) is 16.4. The van der Waals surface area contributed by atoms with Crippen LogP contribution in [0.2, 0.25) is 0 Å². The summed E-state index contributed by atoms with van der Waals surface area (Å²) in [6, 6.07) is 8.67. The Morgan fingerprint density at radius 1 is 1.11 bits per heavy atom. The standard InChI is InChI=1S/C20H28N2O3S2/c1-5-8-17-13-19(26-15(17)4)20(23)21-14-16-9-11-18(12-10-16)27(24,25)22(6-2)7-3/h9-13H,5-8,14H2,1-4H3,(H,21,23). The van der Waals surface area contributed by atoms with Crippen LogP contribution in [-0.4, -0.2) is 31.7 Å². The first kappa shape index (κ1) is 21.6. The Hall–Kier alpha value is -1.70. The van der Waals surface area contributed by atoms with Gasteiger partial charge in [0.1, 0.15) is 0 Å². The Morgan fingerprint density at radius 3 is 2.30 bits per heavy atom. The summed E-state index contributed by atoms with van der Waals surface area (Å²) in [5.41, 5.74) is 2.10. The molecule has 0 saturated heterocycles. The molecule has 1 amide bonds. The van der Waals surface area contributed by atoms with Gasteiger partial charge in [-0.2, -0.15) is 4.31 Å². The number of rotatable bonds is 9. The van der Waals surface area contributed by atoms with Gasteiger partial charge in [0.25, 0.3) is 5.91 Å². The first-order chi connectivity index (χ1) is 12.8. The van der Waals surface area contributed by atoms with Gasteiger partial charge in [-0.05, 0) is 42.7 Å². The molecule has 0 fully saturated rings. The largest absolute Gasteiger partial charge is 0.347 e. The summed E-state index contributed by atoms with van der Waals surface area (Å²) < 4.78 is 26.4. The second-order valence-corrected chi connectivity index (χ2v) is 9.55. The molecule has 27 heavy (non-hydrogen) atoms. The number of aryl methyl sites for hydroxylation is 2. The smallest absolute Gasteiger partial charge is 0.261 e. The number of nitrogens with zero attached hydrogens (tertiary/aromatic N) is 1. The summed E-state index contributed by atoms with van der Waals surface area (Å²) >= 11 is 1.51. The maximum Gasteiger partial charge on any atom is 0.261 e. The SMILES string of the molecule is CCCc1cc(C(=O)NCc2ccc(S(=O)(=O)N(CC)CC)cc2)sc1C. The van der Waals surface area contributed by atoms with Gasteiger partial charge < -0.3 is 5.32 Å². The molecule has 1 aromatic carbocycles. The van der Waals surface area contributed by atoms with Gasteiger partial charge in [-0.1, -0.05) is 39.3 Å². The number of hydrogen-bond acceptors (Lipinski definition) is 4. The monoisotopic (exact) mass is 408 g/mol. The summed E-state index contributed by atoms with van der Waals surface area (Å²) in [5.74, 6) is -0.0923. The fourth-order valence-corrected chi connectivity index (χ4v) is 5.36. The zero-order chi connectivity index (χ0) is 20.0. The molecule has 0 aliphatic carbocycles. The van der Waals surface area contributed by atoms with Crippen molar-refractivity contribution in [3.05, 3.63) is 51.2 Å². The molecule has 0 atom stereocenters. The number of nitrogens with one attached hydrogen (secondary N) is 1. The molecule has 7 heteroatoms. The van der Waals surface area contributed by atoms with Gasteiger partial charge in [0, 0.05) is 24.5 Å². The van der Waals surface area contributed by atoms with Crippen molar-refractivity contribution in [2.45, 2.75) is 52.0 Å². The summed E-state index contributed by atoms with van der Waals surface area (Å²) in [5, 5.41) is 2.91. The molecular formula is C20H28N2O3S2. The Kier molecular flexibility index (Phi) is 7.59. The van der Waals surface area contributed by atoms with Crippen LogP contribution in [0.3, 0.4) is 0 Å². The number of carbonyl (C=O) groups is 1. The van der Waals surface area contributed by atoms with Crippen molar-refractivity contribution in [1.82, 2.24) is 9.62 Å². The third-order valence-electron chi connectivity index (χ3n) is 4.48. The number of thiophene rings is 1. The number of amides is 1. The van der Waals surface area contributed by atoms with E-state index in [4.69, 9.17) is 0 Å². The van der Waals surface area contributed by atoms with E-state index in [9.17, 15) is 13.2 Å². The van der Waals surface area contributed by atoms with E-state index in [0.29, 0.717) is 19.6 Å². The van der Waals surface area contributed by atoms with Crippen LogP contribution in [0, 0.1) is 6.92 Å². The molecule has 5 nitrogen and oxygen atoms in total. The minimum absolute atomic E-state index is 0.0923. The predicted molar refractivity (Wildman–Crippen MR) is 111 cm³/mol. The lowest BCUT2D eigenvalue weighted by molar-refractivity contribution is 0.0955. The number of sulfonamides is 1. The Morgan fingerprint density at radius 2 is 1.74 bits per heavy atom. The van der Waals surface area contributed by atoms with E-state index in [0.717, 1.165) is 23.3 Å². The van der Waals surface area contributed by atoms with Crippen LogP contribution < -0.4 is 5.32 Å². The number of carbonyl (C=O) groups excluding carboxylic acids is 1. The van der Waals surface area contributed by atoms with Gasteiger partial charge in [-0.15, -0.1) is 11.3 Å². The van der Waals surface area contributed by atoms with E-state index in [2.05, 4.69) is 12.2 Å². The lowest BCUT2D eigenvalue weighted by atomic mass is 10.1. The number of hydrogen-bond donors (Lipinski definition) is 1. The highest BCUT2D eigenvalue weighted by atomic mass is 32.2. The number of benzene rings is 1. The molecule has 0 bridgehead atoms. The molecule has 1 heterocycles. The zero-order valence-corrected chi connectivity index (χ0v) is 18.0. The molecule has 1 aromatic heterocycles. The molecule has 0 aliphatic rings. The van der Waals surface area contributed by atoms with Crippen molar-refractivity contribution in [3.8, 4) is 0 Å². The van der Waals surface area contributed by atoms with Gasteiger partial charge in [-0.25, -0.2) is 8.42 Å². The van der Waals surface area contributed by atoms with Gasteiger partial charge >= 0.3 is 0 Å². The van der Waals surface area contributed by atoms with Crippen LogP contribution in [0.1, 0.15) is 52.9 Å². The Bertz CT molecular complexity index is 867. The van der Waals surface area contributed by atoms with E-state index in [1.54, 1.807) is 24.3 Å². The fourth-order valence-electron chi connectivity index (χ4n) is 2.91. The average Bonchev–Trinajstić information content (AvgIpc) is 3.02. The van der Waals surface area contributed by atoms with Crippen molar-refractivity contribution in [2.75, 3.05) is 13.1 Å². The van der Waals surface area contributed by atoms with Crippen molar-refractivity contribution >= 4 is 27.3 Å². The Balaban J connectivity index is 2.03. The van der Waals surface area contributed by atoms with Crippen LogP contribution >= 0.6 is 11.3 Å². The summed E-state index contributed by atoms with van der Waals surface area (Å²) in [6.45, 7) is 9.06. The summed E-state index contributed by atoms with van der Waals surface area (Å²) in [4.78, 5) is 14.6. The predicted octanol–water partition coefficient (Wildman–Crippen LogP) is 3.97. The quantitative estimate of drug-likeness (QED) is 0.683. The van der Waals surface area contributed by atoms with Crippen molar-refractivity contribution < 1.29 is 13.2 Å². The van der Waals surface area contributed by atoms with Crippen LogP contribution in [0.25, 0.3) is 0 Å². The molecule has 148 valence electrons. The van der Waals surface area contributed by atoms with Gasteiger partial charge in [0.05, 0.1) is 9.77 Å². The normalized spacial score (nSPS) is 11.7. The minimum atomic E-state index is -3.45. The lowest BCUT2D eigenvalue weighted by Gasteiger charge is -2.18. The maximum absolute atomic E-state index is 12.5. The van der Waals surface area contributed by atoms with Gasteiger partial charge in [-0.3, -0.25) is 4.79 Å². The summed E-state index contributed by atoms with van der Waals surface area (Å²) in [6.07, 6.45) is 2.04. The third kappa shape index (κ3) is 5.18. The van der Waals surface area contributed by atoms with Gasteiger partial charge in [0.15, 0.2) is 0 Å².